The van der Waals surface area contributed by atoms with Crippen molar-refractivity contribution < 1.29 is 23.8 Å². The van der Waals surface area contributed by atoms with Gasteiger partial charge < -0.3 is 14.3 Å². The molecule has 0 bridgehead atoms. The number of unbranched alkanes of at least 4 members (excludes halogenated alkanes) is 1. The first-order valence-electron chi connectivity index (χ1n) is 17.8. The van der Waals surface area contributed by atoms with Gasteiger partial charge in [-0.15, -0.1) is 11.3 Å². The molecule has 0 radical (unpaired) electrons. The van der Waals surface area contributed by atoms with Gasteiger partial charge in [-0.3, -0.25) is 4.79 Å². The van der Waals surface area contributed by atoms with Crippen molar-refractivity contribution in [1.82, 2.24) is 4.98 Å². The molecule has 0 fully saturated rings. The van der Waals surface area contributed by atoms with Crippen LogP contribution in [0.25, 0.3) is 32.0 Å². The molecule has 2 unspecified atom stereocenters. The second kappa shape index (κ2) is 15.8. The van der Waals surface area contributed by atoms with Crippen LogP contribution >= 0.6 is 55.0 Å². The molecule has 8 aromatic rings. The Hall–Kier alpha value is -4.74. The van der Waals surface area contributed by atoms with Gasteiger partial charge in [0.2, 0.25) is 0 Å². The highest BCUT2D eigenvalue weighted by molar-refractivity contribution is 9.11. The number of aliphatic carboxylic acids is 1. The zero-order valence-corrected chi connectivity index (χ0v) is 34.3. The second-order valence-corrected chi connectivity index (χ2v) is 17.1. The number of rotatable bonds is 13. The monoisotopic (exact) mass is 889 g/mol. The number of ketones is 1. The molecule has 1 N–H and O–H groups in total. The average Bonchev–Trinajstić information content (AvgIpc) is 3.81. The number of carboxylic acids is 1. The number of fused-ring (bicyclic) bond motifs is 3. The van der Waals surface area contributed by atoms with E-state index in [4.69, 9.17) is 14.1 Å². The van der Waals surface area contributed by atoms with Gasteiger partial charge in [0.05, 0.1) is 24.4 Å². The van der Waals surface area contributed by atoms with Crippen LogP contribution in [-0.2, 0) is 16.1 Å². The van der Waals surface area contributed by atoms with Gasteiger partial charge >= 0.3 is 10.9 Å². The second-order valence-electron chi connectivity index (χ2n) is 13.1. The van der Waals surface area contributed by atoms with Gasteiger partial charge in [0.1, 0.15) is 11.3 Å². The SMILES string of the molecule is CCCCc1oc2ccccc2c1C(SC(Oc1c(Br)cc(C(=O)c2ccc3ccccc3c2)cc1Br)(C(=O)O)c1nc2ccccc2s1)c1ccccc1. The number of para-hydroxylation sites is 2. The van der Waals surface area contributed by atoms with Crippen LogP contribution in [0.15, 0.2) is 147 Å². The molecule has 6 nitrogen and oxygen atoms in total. The van der Waals surface area contributed by atoms with Crippen LogP contribution in [0.2, 0.25) is 0 Å². The summed E-state index contributed by atoms with van der Waals surface area (Å²) in [7, 11) is 0. The highest BCUT2D eigenvalue weighted by Gasteiger charge is 2.51. The van der Waals surface area contributed by atoms with E-state index < -0.39 is 16.2 Å². The first kappa shape index (κ1) is 37.2. The number of carbonyl (C=O) groups is 2. The standard InChI is InChI=1S/C45H33Br2NO5S2/c1-2-3-19-37-39(32-17-9-11-20-36(32)52-37)42(28-14-5-4-6-15-28)55-45(44(50)51,43-48-35-18-10-12-21-38(35)54-43)53-41-33(46)25-31(26-34(41)47)40(49)30-23-22-27-13-7-8-16-29(27)24-30/h4-18,20-26,42H,2-3,19H2,1H3,(H,50,51). The maximum absolute atomic E-state index is 14.2. The third kappa shape index (κ3) is 7.24. The van der Waals surface area contributed by atoms with Gasteiger partial charge in [-0.25, -0.2) is 9.78 Å². The third-order valence-electron chi connectivity index (χ3n) is 9.49. The minimum Gasteiger partial charge on any atom is -0.477 e. The first-order chi connectivity index (χ1) is 26.8. The summed E-state index contributed by atoms with van der Waals surface area (Å²) in [6.07, 6.45) is 2.56. The van der Waals surface area contributed by atoms with Crippen molar-refractivity contribution in [1.29, 1.82) is 0 Å². The highest BCUT2D eigenvalue weighted by atomic mass is 79.9. The molecule has 0 saturated heterocycles. The summed E-state index contributed by atoms with van der Waals surface area (Å²) in [4.78, 5) is 30.9. The van der Waals surface area contributed by atoms with E-state index in [1.807, 2.05) is 121 Å². The van der Waals surface area contributed by atoms with E-state index in [-0.39, 0.29) is 16.5 Å². The number of hydrogen-bond donors (Lipinski definition) is 1. The molecule has 274 valence electrons. The van der Waals surface area contributed by atoms with Gasteiger partial charge in [0.25, 0.3) is 0 Å². The van der Waals surface area contributed by atoms with Crippen LogP contribution in [0.1, 0.15) is 62.8 Å². The maximum atomic E-state index is 14.2. The molecule has 0 aliphatic carbocycles. The number of thiazole rings is 1. The Morgan fingerprint density at radius 1 is 0.836 bits per heavy atom. The quantitative estimate of drug-likeness (QED) is 0.0911. The van der Waals surface area contributed by atoms with Crippen LogP contribution in [-0.4, -0.2) is 21.8 Å². The number of carboxylic acid groups (broad SMARTS) is 1. The lowest BCUT2D eigenvalue weighted by atomic mass is 9.99. The van der Waals surface area contributed by atoms with E-state index in [2.05, 4.69) is 38.8 Å². The third-order valence-corrected chi connectivity index (χ3v) is 13.5. The highest BCUT2D eigenvalue weighted by Crippen LogP contribution is 2.55. The summed E-state index contributed by atoms with van der Waals surface area (Å²) in [5.74, 6) is -0.374. The van der Waals surface area contributed by atoms with Crippen LogP contribution in [0.3, 0.4) is 0 Å². The molecule has 0 spiro atoms. The van der Waals surface area contributed by atoms with Gasteiger partial charge in [-0.2, -0.15) is 0 Å². The Morgan fingerprint density at radius 3 is 2.27 bits per heavy atom. The number of ether oxygens (including phenoxy) is 1. The molecule has 2 aromatic heterocycles. The average molecular weight is 892 g/mol. The van der Waals surface area contributed by atoms with Crippen molar-refractivity contribution in [3.8, 4) is 5.75 Å². The number of aromatic nitrogens is 1. The van der Waals surface area contributed by atoms with Crippen LogP contribution in [0, 0.1) is 0 Å². The maximum Gasteiger partial charge on any atom is 0.366 e. The van der Waals surface area contributed by atoms with E-state index in [0.29, 0.717) is 32.0 Å². The predicted octanol–water partition coefficient (Wildman–Crippen LogP) is 13.1. The largest absolute Gasteiger partial charge is 0.477 e. The Morgan fingerprint density at radius 2 is 1.53 bits per heavy atom. The summed E-state index contributed by atoms with van der Waals surface area (Å²) < 4.78 is 15.1. The number of thioether (sulfide) groups is 1. The molecule has 0 aliphatic rings. The fourth-order valence-electron chi connectivity index (χ4n) is 6.76. The summed E-state index contributed by atoms with van der Waals surface area (Å²) >= 11 is 9.78. The molecular formula is C45H33Br2NO5S2. The number of hydrogen-bond acceptors (Lipinski definition) is 7. The Balaban J connectivity index is 1.29. The number of aryl methyl sites for hydroxylation is 1. The number of nitrogens with zero attached hydrogens (tertiary/aromatic N) is 1. The van der Waals surface area contributed by atoms with Gasteiger partial charge in [-0.05, 0) is 91.0 Å². The molecule has 2 heterocycles. The summed E-state index contributed by atoms with van der Waals surface area (Å²) in [5.41, 5.74) is 4.15. The smallest absolute Gasteiger partial charge is 0.366 e. The van der Waals surface area contributed by atoms with Crippen molar-refractivity contribution in [2.45, 2.75) is 36.4 Å². The van der Waals surface area contributed by atoms with E-state index in [1.165, 1.54) is 23.1 Å². The Bertz CT molecular complexity index is 2650. The van der Waals surface area contributed by atoms with Crippen molar-refractivity contribution >= 4 is 98.7 Å². The van der Waals surface area contributed by atoms with Crippen molar-refractivity contribution in [3.05, 3.63) is 175 Å². The fourth-order valence-corrected chi connectivity index (χ4v) is 10.7. The molecule has 2 atom stereocenters. The topological polar surface area (TPSA) is 89.6 Å². The molecule has 10 heteroatoms. The fraction of sp³-hybridized carbons (Fsp3) is 0.133. The summed E-state index contributed by atoms with van der Waals surface area (Å²) in [5, 5.41) is 14.2. The zero-order valence-electron chi connectivity index (χ0n) is 29.5. The number of benzene rings is 6. The molecule has 0 saturated carbocycles. The minimum absolute atomic E-state index is 0.181. The molecule has 55 heavy (non-hydrogen) atoms. The van der Waals surface area contributed by atoms with Crippen molar-refractivity contribution in [2.24, 2.45) is 0 Å². The minimum atomic E-state index is -2.07. The lowest BCUT2D eigenvalue weighted by Gasteiger charge is -2.32. The Kier molecular flexibility index (Phi) is 10.7. The van der Waals surface area contributed by atoms with E-state index in [0.717, 1.165) is 56.2 Å². The Labute approximate surface area is 342 Å². The van der Waals surface area contributed by atoms with Gasteiger partial charge in [-0.1, -0.05) is 122 Å². The van der Waals surface area contributed by atoms with Crippen molar-refractivity contribution in [2.75, 3.05) is 0 Å². The molecule has 0 aliphatic heterocycles. The molecular weight excluding hydrogens is 858 g/mol. The number of furan rings is 1. The van der Waals surface area contributed by atoms with Crippen LogP contribution in [0.4, 0.5) is 0 Å². The van der Waals surface area contributed by atoms with E-state index in [9.17, 15) is 14.7 Å². The van der Waals surface area contributed by atoms with Crippen LogP contribution in [0.5, 0.6) is 5.75 Å². The molecule has 6 aromatic carbocycles. The normalized spacial score (nSPS) is 13.2. The van der Waals surface area contributed by atoms with E-state index in [1.54, 1.807) is 12.1 Å². The summed E-state index contributed by atoms with van der Waals surface area (Å²) in [6, 6.07) is 42.2. The number of carbonyl (C=O) groups excluding carboxylic acids is 1. The van der Waals surface area contributed by atoms with Crippen molar-refractivity contribution in [3.63, 3.8) is 0 Å². The van der Waals surface area contributed by atoms with Gasteiger partial charge in [0.15, 0.2) is 16.5 Å². The lowest BCUT2D eigenvalue weighted by Crippen LogP contribution is -2.39. The summed E-state index contributed by atoms with van der Waals surface area (Å²) in [6.45, 7) is 2.14. The lowest BCUT2D eigenvalue weighted by molar-refractivity contribution is -0.148. The first-order valence-corrected chi connectivity index (χ1v) is 21.1. The number of halogens is 2. The van der Waals surface area contributed by atoms with E-state index >= 15 is 0 Å². The zero-order chi connectivity index (χ0) is 38.1. The molecule has 0 amide bonds. The van der Waals surface area contributed by atoms with Gasteiger partial charge in [0, 0.05) is 28.5 Å². The van der Waals surface area contributed by atoms with Crippen LogP contribution < -0.4 is 4.74 Å². The molecule has 8 rings (SSSR count). The predicted molar refractivity (Wildman–Crippen MR) is 229 cm³/mol.